The van der Waals surface area contributed by atoms with Gasteiger partial charge in [0.2, 0.25) is 5.95 Å². The van der Waals surface area contributed by atoms with Crippen molar-refractivity contribution in [3.05, 3.63) is 474 Å². The number of benzene rings is 18. The minimum absolute atomic E-state index is 0.581. The van der Waals surface area contributed by atoms with Crippen molar-refractivity contribution in [3.8, 4) is 90.5 Å². The highest BCUT2D eigenvalue weighted by Crippen LogP contribution is 2.45. The van der Waals surface area contributed by atoms with Gasteiger partial charge in [-0.1, -0.05) is 285 Å². The van der Waals surface area contributed by atoms with Crippen LogP contribution < -0.4 is 0 Å². The first-order valence-corrected chi connectivity index (χ1v) is 45.3. The van der Waals surface area contributed by atoms with Gasteiger partial charge in [0.25, 0.3) is 0 Å². The van der Waals surface area contributed by atoms with Crippen LogP contribution in [0.4, 0.5) is 0 Å². The molecule has 0 aliphatic carbocycles. The van der Waals surface area contributed by atoms with Crippen LogP contribution in [-0.2, 0) is 0 Å². The van der Waals surface area contributed by atoms with Gasteiger partial charge in [-0.15, -0.1) is 0 Å². The zero-order valence-electron chi connectivity index (χ0n) is 72.4. The van der Waals surface area contributed by atoms with Crippen LogP contribution in [0.15, 0.2) is 474 Å². The Labute approximate surface area is 769 Å². The summed E-state index contributed by atoms with van der Waals surface area (Å²) < 4.78 is 13.8. The molecule has 134 heavy (non-hydrogen) atoms. The van der Waals surface area contributed by atoms with E-state index in [0.29, 0.717) is 17.6 Å². The largest absolute Gasteiger partial charge is 0.309 e. The van der Waals surface area contributed by atoms with E-state index < -0.39 is 0 Å². The predicted octanol–water partition coefficient (Wildman–Crippen LogP) is 30.7. The van der Waals surface area contributed by atoms with Crippen molar-refractivity contribution < 1.29 is 0 Å². The maximum atomic E-state index is 5.07. The molecule has 0 spiro atoms. The fourth-order valence-electron chi connectivity index (χ4n) is 20.4. The smallest absolute Gasteiger partial charge is 0.238 e. The van der Waals surface area contributed by atoms with Gasteiger partial charge in [-0.3, -0.25) is 19.1 Å². The molecule has 0 aliphatic rings. The van der Waals surface area contributed by atoms with Gasteiger partial charge in [0, 0.05) is 117 Å². The first-order valence-electron chi connectivity index (χ1n) is 45.3. The van der Waals surface area contributed by atoms with Crippen molar-refractivity contribution in [2.75, 3.05) is 0 Å². The number of hydrogen-bond acceptors (Lipinski definition) is 6. The lowest BCUT2D eigenvalue weighted by Crippen LogP contribution is -2.06. The van der Waals surface area contributed by atoms with Crippen LogP contribution in [0.1, 0.15) is 0 Å². The molecule has 0 unspecified atom stereocenters. The van der Waals surface area contributed by atoms with E-state index in [1.807, 2.05) is 97.5 Å². The molecule has 12 nitrogen and oxygen atoms in total. The number of para-hydroxylation sites is 7. The third-order valence-electron chi connectivity index (χ3n) is 26.5. The van der Waals surface area contributed by atoms with Gasteiger partial charge in [-0.2, -0.15) is 9.97 Å². The van der Waals surface area contributed by atoms with Gasteiger partial charge in [0.05, 0.1) is 77.4 Å². The molecule has 0 fully saturated rings. The third-order valence-corrected chi connectivity index (χ3v) is 26.5. The number of aromatic nitrogens is 12. The molecule has 28 rings (SSSR count). The Balaban J connectivity index is 0.000000105. The second-order valence-electron chi connectivity index (χ2n) is 34.1. The molecule has 0 aliphatic heterocycles. The first kappa shape index (κ1) is 76.9. The van der Waals surface area contributed by atoms with Crippen LogP contribution in [-0.4, -0.2) is 57.3 Å². The number of pyridine rings is 3. The van der Waals surface area contributed by atoms with Crippen molar-refractivity contribution in [2.24, 2.45) is 0 Å². The third kappa shape index (κ3) is 12.9. The zero-order chi connectivity index (χ0) is 88.3. The molecule has 18 aromatic carbocycles. The molecule has 0 saturated heterocycles. The maximum absolute atomic E-state index is 5.07. The molecule has 0 saturated carbocycles. The van der Waals surface area contributed by atoms with Crippen LogP contribution in [0, 0.1) is 0 Å². The van der Waals surface area contributed by atoms with Gasteiger partial charge < -0.3 is 18.3 Å². The van der Waals surface area contributed by atoms with Crippen LogP contribution in [0.3, 0.4) is 0 Å². The lowest BCUT2D eigenvalue weighted by atomic mass is 10.0. The lowest BCUT2D eigenvalue weighted by molar-refractivity contribution is 0.953. The Bertz CT molecular complexity index is 9450. The molecular weight excluding hydrogens is 1630 g/mol. The van der Waals surface area contributed by atoms with Crippen molar-refractivity contribution in [1.29, 1.82) is 0 Å². The highest BCUT2D eigenvalue weighted by molar-refractivity contribution is 6.17. The SMILES string of the molecule is c1ccc(-c2nc(-c3ccccc3)nc(-n3c4ccccc4c4cc(-c5ccc6c(c5)c5ncccc5n6-c5ccccc5)ccc43)n2)cc1.c1ccc(-n2c3ccc(-c4ccc5c(c4)c4ccccc4n5-c4ccc5ccccc5c4)cc3c3ncccc32)cc1.c1ccc(-n2c3ccccc3c3cc(-c4ccc5c(c4)c4ccccc4n5-c4cccc5ccccc45)cnc32)cc1. The summed E-state index contributed by atoms with van der Waals surface area (Å²) in [6.45, 7) is 0. The Morgan fingerprint density at radius 1 is 0.164 bits per heavy atom. The Kier molecular flexibility index (Phi) is 18.3. The summed E-state index contributed by atoms with van der Waals surface area (Å²) in [5, 5.41) is 16.9. The summed E-state index contributed by atoms with van der Waals surface area (Å²) in [4.78, 5) is 29.8. The Morgan fingerprint density at radius 2 is 0.507 bits per heavy atom. The summed E-state index contributed by atoms with van der Waals surface area (Å²) in [7, 11) is 0. The van der Waals surface area contributed by atoms with Gasteiger partial charge in [0.1, 0.15) is 5.65 Å². The van der Waals surface area contributed by atoms with Crippen LogP contribution in [0.25, 0.3) is 243 Å². The van der Waals surface area contributed by atoms with Gasteiger partial charge in [-0.25, -0.2) is 9.97 Å². The van der Waals surface area contributed by atoms with Crippen molar-refractivity contribution >= 4 is 153 Å². The van der Waals surface area contributed by atoms with E-state index in [-0.39, 0.29) is 0 Å². The van der Waals surface area contributed by atoms with E-state index >= 15 is 0 Å². The molecule has 12 heteroatoms. The second kappa shape index (κ2) is 31.9. The monoisotopic (exact) mass is 1710 g/mol. The Hall–Kier alpha value is -18.3. The van der Waals surface area contributed by atoms with E-state index in [9.17, 15) is 0 Å². The molecule has 10 heterocycles. The van der Waals surface area contributed by atoms with Crippen LogP contribution in [0.5, 0.6) is 0 Å². The van der Waals surface area contributed by atoms with E-state index in [2.05, 4.69) is 404 Å². The number of fused-ring (bicyclic) bond motifs is 20. The lowest BCUT2D eigenvalue weighted by Gasteiger charge is -2.12. The summed E-state index contributed by atoms with van der Waals surface area (Å²) in [6, 6.07) is 161. The molecular formula is C122H78N12. The maximum Gasteiger partial charge on any atom is 0.238 e. The van der Waals surface area contributed by atoms with E-state index in [0.717, 1.165) is 133 Å². The standard InChI is InChI=1S/C44H28N6.2C39H25N3/c1-4-13-29(14-5-1)42-46-43(30-15-6-2-7-16-30)48-44(47-42)50-37-20-11-10-19-34(37)35-27-31(22-24-38(35)50)32-23-25-39-36(28-32)41-40(21-12-26-45-41)49(39)33-17-8-3-9-18-33;1-2-13-29(14-3-1)41-36-18-8-7-17-32(36)34-24-28(25-40-39(34)41)27-21-22-38-33(23-27)31-16-6-9-19-37(31)42(38)35-20-10-12-26-11-4-5-15-30(26)35;1-2-11-30(12-3-1)41-37-21-18-29(25-34(37)39-38(41)15-8-22-40-39)28-17-20-36-33(24-28)32-13-6-7-14-35(32)42(36)31-19-16-26-9-4-5-10-27(26)23-31/h1-28H;2*1-25H. The van der Waals surface area contributed by atoms with Gasteiger partial charge in [-0.05, 0) is 214 Å². The summed E-state index contributed by atoms with van der Waals surface area (Å²) in [5.74, 6) is 1.85. The highest BCUT2D eigenvalue weighted by atomic mass is 15.2. The number of nitrogens with zero attached hydrogens (tertiary/aromatic N) is 12. The quantitative estimate of drug-likeness (QED) is 0.128. The summed E-state index contributed by atoms with van der Waals surface area (Å²) >= 11 is 0. The van der Waals surface area contributed by atoms with Gasteiger partial charge >= 0.3 is 0 Å². The van der Waals surface area contributed by atoms with Crippen LogP contribution in [0.2, 0.25) is 0 Å². The second-order valence-corrected chi connectivity index (χ2v) is 34.1. The van der Waals surface area contributed by atoms with Gasteiger partial charge in [0.15, 0.2) is 11.6 Å². The average Bonchev–Trinajstić information content (AvgIpc) is 1.59. The highest BCUT2D eigenvalue weighted by Gasteiger charge is 2.25. The molecule has 10 aromatic heterocycles. The summed E-state index contributed by atoms with van der Waals surface area (Å²) in [6.07, 6.45) is 5.78. The minimum atomic E-state index is 0.581. The molecule has 0 amide bonds. The summed E-state index contributed by atoms with van der Waals surface area (Å²) in [5.41, 5.74) is 30.1. The van der Waals surface area contributed by atoms with Crippen molar-refractivity contribution in [3.63, 3.8) is 0 Å². The fourth-order valence-corrected chi connectivity index (χ4v) is 20.4. The molecule has 28 aromatic rings. The first-order chi connectivity index (χ1) is 66.5. The molecule has 0 N–H and O–H groups in total. The van der Waals surface area contributed by atoms with E-state index in [1.54, 1.807) is 0 Å². The van der Waals surface area contributed by atoms with E-state index in [1.165, 1.54) is 93.0 Å². The van der Waals surface area contributed by atoms with Crippen LogP contribution >= 0.6 is 0 Å². The predicted molar refractivity (Wildman–Crippen MR) is 554 cm³/mol. The minimum Gasteiger partial charge on any atom is -0.309 e. The molecule has 0 bridgehead atoms. The van der Waals surface area contributed by atoms with Crippen molar-refractivity contribution in [2.45, 2.75) is 0 Å². The topological polar surface area (TPSA) is 107 Å². The molecule has 626 valence electrons. The zero-order valence-corrected chi connectivity index (χ0v) is 72.4. The molecule has 0 radical (unpaired) electrons. The number of rotatable bonds is 11. The normalized spacial score (nSPS) is 11.7. The fraction of sp³-hybridized carbons (Fsp3) is 0. The molecule has 0 atom stereocenters. The Morgan fingerprint density at radius 3 is 1.01 bits per heavy atom. The average molecular weight is 1710 g/mol. The van der Waals surface area contributed by atoms with Crippen molar-refractivity contribution in [1.82, 2.24) is 57.3 Å². The number of hydrogen-bond donors (Lipinski definition) is 0. The van der Waals surface area contributed by atoms with E-state index in [4.69, 9.17) is 29.9 Å².